The molecule has 0 aromatic heterocycles. The summed E-state index contributed by atoms with van der Waals surface area (Å²) in [4.78, 5) is 22.2. The van der Waals surface area contributed by atoms with Crippen LogP contribution in [0.1, 0.15) is 19.4 Å². The van der Waals surface area contributed by atoms with E-state index in [-0.39, 0.29) is 11.8 Å². The van der Waals surface area contributed by atoms with Crippen molar-refractivity contribution in [3.8, 4) is 5.75 Å². The van der Waals surface area contributed by atoms with Gasteiger partial charge in [-0.1, -0.05) is 6.07 Å². The van der Waals surface area contributed by atoms with Gasteiger partial charge in [0.25, 0.3) is 5.91 Å². The van der Waals surface area contributed by atoms with E-state index in [4.69, 9.17) is 4.74 Å². The number of fused-ring (bicyclic) bond motifs is 1. The normalized spacial score (nSPS) is 17.8. The monoisotopic (exact) mass is 234 g/mol. The molecule has 2 rings (SSSR count). The first-order chi connectivity index (χ1) is 8.06. The van der Waals surface area contributed by atoms with E-state index in [1.807, 2.05) is 6.07 Å². The summed E-state index contributed by atoms with van der Waals surface area (Å²) in [6.07, 6.45) is -0.469. The van der Waals surface area contributed by atoms with Crippen LogP contribution in [-0.2, 0) is 16.1 Å². The Balaban J connectivity index is 2.17. The summed E-state index contributed by atoms with van der Waals surface area (Å²) in [7, 11) is 0. The maximum atomic E-state index is 11.4. The molecule has 1 aromatic carbocycles. The lowest BCUT2D eigenvalue weighted by atomic mass is 10.1. The van der Waals surface area contributed by atoms with Gasteiger partial charge in [-0.3, -0.25) is 9.59 Å². The minimum Gasteiger partial charge on any atom is -0.479 e. The van der Waals surface area contributed by atoms with Gasteiger partial charge in [0.05, 0.1) is 5.69 Å². The van der Waals surface area contributed by atoms with Crippen LogP contribution in [-0.4, -0.2) is 17.9 Å². The van der Waals surface area contributed by atoms with E-state index in [0.29, 0.717) is 18.0 Å². The third-order valence-corrected chi connectivity index (χ3v) is 2.52. The maximum Gasteiger partial charge on any atom is 0.265 e. The number of carbonyl (C=O) groups is 2. The molecule has 0 spiro atoms. The van der Waals surface area contributed by atoms with Crippen molar-refractivity contribution in [1.29, 1.82) is 0 Å². The molecule has 1 heterocycles. The third-order valence-electron chi connectivity index (χ3n) is 2.52. The number of amides is 2. The van der Waals surface area contributed by atoms with Crippen molar-refractivity contribution in [2.24, 2.45) is 0 Å². The van der Waals surface area contributed by atoms with Gasteiger partial charge in [-0.05, 0) is 24.6 Å². The largest absolute Gasteiger partial charge is 0.479 e. The van der Waals surface area contributed by atoms with E-state index < -0.39 is 6.10 Å². The van der Waals surface area contributed by atoms with Crippen LogP contribution >= 0.6 is 0 Å². The number of anilines is 1. The summed E-state index contributed by atoms with van der Waals surface area (Å²) in [5.41, 5.74) is 1.56. The second kappa shape index (κ2) is 4.45. The molecule has 90 valence electrons. The van der Waals surface area contributed by atoms with Crippen LogP contribution in [0.2, 0.25) is 0 Å². The molecule has 5 nitrogen and oxygen atoms in total. The molecule has 0 fully saturated rings. The zero-order chi connectivity index (χ0) is 12.4. The van der Waals surface area contributed by atoms with Gasteiger partial charge in [-0.15, -0.1) is 0 Å². The number of nitrogens with one attached hydrogen (secondary N) is 2. The molecule has 0 saturated carbocycles. The van der Waals surface area contributed by atoms with Crippen LogP contribution in [0.4, 0.5) is 5.69 Å². The molecular weight excluding hydrogens is 220 g/mol. The summed E-state index contributed by atoms with van der Waals surface area (Å²) in [5, 5.41) is 5.46. The van der Waals surface area contributed by atoms with Crippen molar-refractivity contribution >= 4 is 17.5 Å². The van der Waals surface area contributed by atoms with E-state index in [2.05, 4.69) is 10.6 Å². The third kappa shape index (κ3) is 2.55. The lowest BCUT2D eigenvalue weighted by molar-refractivity contribution is -0.122. The number of hydrogen-bond donors (Lipinski definition) is 2. The molecular formula is C12H14N2O3. The van der Waals surface area contributed by atoms with Crippen molar-refractivity contribution in [3.63, 3.8) is 0 Å². The molecule has 1 aromatic rings. The Morgan fingerprint density at radius 3 is 3.00 bits per heavy atom. The van der Waals surface area contributed by atoms with Gasteiger partial charge in [-0.2, -0.15) is 0 Å². The van der Waals surface area contributed by atoms with Gasteiger partial charge in [0, 0.05) is 13.5 Å². The topological polar surface area (TPSA) is 67.4 Å². The Labute approximate surface area is 99.2 Å². The van der Waals surface area contributed by atoms with Crippen molar-refractivity contribution in [2.75, 3.05) is 5.32 Å². The van der Waals surface area contributed by atoms with E-state index in [1.54, 1.807) is 19.1 Å². The summed E-state index contributed by atoms with van der Waals surface area (Å²) in [5.74, 6) is 0.412. The summed E-state index contributed by atoms with van der Waals surface area (Å²) in [6, 6.07) is 5.45. The predicted molar refractivity (Wildman–Crippen MR) is 62.7 cm³/mol. The standard InChI is InChI=1S/C12H14N2O3/c1-7-12(16)14-10-5-9(6-13-8(2)15)3-4-11(10)17-7/h3-5,7H,6H2,1-2H3,(H,13,15)(H,14,16)/t7-/m1/s1. The Bertz CT molecular complexity index is 471. The van der Waals surface area contributed by atoms with Crippen LogP contribution in [0, 0.1) is 0 Å². The van der Waals surface area contributed by atoms with E-state index in [9.17, 15) is 9.59 Å². The minimum absolute atomic E-state index is 0.0865. The molecule has 5 heteroatoms. The quantitative estimate of drug-likeness (QED) is 0.803. The smallest absolute Gasteiger partial charge is 0.265 e. The number of rotatable bonds is 2. The average Bonchev–Trinajstić information content (AvgIpc) is 2.28. The molecule has 0 aliphatic carbocycles. The minimum atomic E-state index is -0.469. The number of carbonyl (C=O) groups excluding carboxylic acids is 2. The van der Waals surface area contributed by atoms with E-state index in [1.165, 1.54) is 6.92 Å². The highest BCUT2D eigenvalue weighted by Gasteiger charge is 2.23. The molecule has 1 atom stereocenters. The lowest BCUT2D eigenvalue weighted by Crippen LogP contribution is -2.34. The van der Waals surface area contributed by atoms with Crippen LogP contribution in [0.3, 0.4) is 0 Å². The molecule has 0 bridgehead atoms. The van der Waals surface area contributed by atoms with E-state index in [0.717, 1.165) is 5.56 Å². The fourth-order valence-electron chi connectivity index (χ4n) is 1.59. The van der Waals surface area contributed by atoms with Crippen LogP contribution in [0.15, 0.2) is 18.2 Å². The second-order valence-electron chi connectivity index (χ2n) is 3.99. The fraction of sp³-hybridized carbons (Fsp3) is 0.333. The van der Waals surface area contributed by atoms with Gasteiger partial charge in [0.2, 0.25) is 5.91 Å². The first-order valence-electron chi connectivity index (χ1n) is 5.41. The molecule has 0 radical (unpaired) electrons. The van der Waals surface area contributed by atoms with Crippen molar-refractivity contribution in [2.45, 2.75) is 26.5 Å². The van der Waals surface area contributed by atoms with Crippen LogP contribution in [0.5, 0.6) is 5.75 Å². The first kappa shape index (κ1) is 11.4. The molecule has 0 saturated heterocycles. The molecule has 0 unspecified atom stereocenters. The van der Waals surface area contributed by atoms with Gasteiger partial charge >= 0.3 is 0 Å². The zero-order valence-electron chi connectivity index (χ0n) is 9.74. The highest BCUT2D eigenvalue weighted by molar-refractivity contribution is 5.97. The number of benzene rings is 1. The van der Waals surface area contributed by atoms with Gasteiger partial charge < -0.3 is 15.4 Å². The Morgan fingerprint density at radius 2 is 2.29 bits per heavy atom. The van der Waals surface area contributed by atoms with Crippen molar-refractivity contribution in [3.05, 3.63) is 23.8 Å². The number of hydrogen-bond acceptors (Lipinski definition) is 3. The predicted octanol–water partition coefficient (Wildman–Crippen LogP) is 1.04. The highest BCUT2D eigenvalue weighted by Crippen LogP contribution is 2.30. The average molecular weight is 234 g/mol. The molecule has 1 aliphatic heterocycles. The van der Waals surface area contributed by atoms with Crippen molar-refractivity contribution < 1.29 is 14.3 Å². The Morgan fingerprint density at radius 1 is 1.53 bits per heavy atom. The van der Waals surface area contributed by atoms with Crippen LogP contribution in [0.25, 0.3) is 0 Å². The SMILES string of the molecule is CC(=O)NCc1ccc2c(c1)NC(=O)[C@@H](C)O2. The maximum absolute atomic E-state index is 11.4. The fourth-order valence-corrected chi connectivity index (χ4v) is 1.59. The van der Waals surface area contributed by atoms with Gasteiger partial charge in [0.1, 0.15) is 5.75 Å². The van der Waals surface area contributed by atoms with Crippen molar-refractivity contribution in [1.82, 2.24) is 5.32 Å². The lowest BCUT2D eigenvalue weighted by Gasteiger charge is -2.23. The Hall–Kier alpha value is -2.04. The number of ether oxygens (including phenoxy) is 1. The summed E-state index contributed by atoms with van der Waals surface area (Å²) in [6.45, 7) is 3.60. The second-order valence-corrected chi connectivity index (χ2v) is 3.99. The summed E-state index contributed by atoms with van der Waals surface area (Å²) < 4.78 is 5.43. The molecule has 1 aliphatic rings. The van der Waals surface area contributed by atoms with Crippen LogP contribution < -0.4 is 15.4 Å². The van der Waals surface area contributed by atoms with Gasteiger partial charge in [-0.25, -0.2) is 0 Å². The van der Waals surface area contributed by atoms with Gasteiger partial charge in [0.15, 0.2) is 6.10 Å². The summed E-state index contributed by atoms with van der Waals surface area (Å²) >= 11 is 0. The van der Waals surface area contributed by atoms with E-state index >= 15 is 0 Å². The molecule has 2 N–H and O–H groups in total. The highest BCUT2D eigenvalue weighted by atomic mass is 16.5. The molecule has 2 amide bonds. The molecule has 17 heavy (non-hydrogen) atoms. The first-order valence-corrected chi connectivity index (χ1v) is 5.41. The Kier molecular flexibility index (Phi) is 2.99. The zero-order valence-corrected chi connectivity index (χ0v) is 9.74.